The monoisotopic (exact) mass is 448 g/mol. The number of hydrogen-bond acceptors (Lipinski definition) is 2. The van der Waals surface area contributed by atoms with E-state index in [1.807, 2.05) is 6.92 Å². The molecule has 1 aliphatic rings. The van der Waals surface area contributed by atoms with Crippen molar-refractivity contribution in [2.45, 2.75) is 63.8 Å². The zero-order chi connectivity index (χ0) is 16.5. The van der Waals surface area contributed by atoms with Gasteiger partial charge >= 0.3 is 0 Å². The zero-order valence-electron chi connectivity index (χ0n) is 14.4. The normalized spacial score (nSPS) is 19.1. The van der Waals surface area contributed by atoms with Crippen LogP contribution in [0.5, 0.6) is 5.75 Å². The first kappa shape index (κ1) is 19.5. The Morgan fingerprint density at radius 2 is 1.87 bits per heavy atom. The van der Waals surface area contributed by atoms with Crippen molar-refractivity contribution in [3.05, 3.63) is 29.8 Å². The molecule has 1 aromatic carbocycles. The molecule has 130 valence electrons. The fraction of sp³-hybridized carbons (Fsp3) is 0.684. The molecule has 1 fully saturated rings. The van der Waals surface area contributed by atoms with Gasteiger partial charge in [0.1, 0.15) is 5.75 Å². The summed E-state index contributed by atoms with van der Waals surface area (Å²) < 4.78 is 13.2. The third kappa shape index (κ3) is 6.88. The lowest BCUT2D eigenvalue weighted by Crippen LogP contribution is -2.26. The first-order valence-corrected chi connectivity index (χ1v) is 12.1. The molecular formula is C19H30IO2P. The highest BCUT2D eigenvalue weighted by atomic mass is 127. The van der Waals surface area contributed by atoms with Crippen LogP contribution in [0.25, 0.3) is 0 Å². The molecule has 0 aromatic heterocycles. The molecule has 0 amide bonds. The highest BCUT2D eigenvalue weighted by Gasteiger charge is 2.17. The molecule has 1 aliphatic carbocycles. The Balaban J connectivity index is 1.83. The van der Waals surface area contributed by atoms with Gasteiger partial charge in [-0.15, -0.1) is 8.58 Å². The van der Waals surface area contributed by atoms with E-state index in [-0.39, 0.29) is 6.29 Å². The van der Waals surface area contributed by atoms with Crippen LogP contribution in [-0.2, 0) is 4.74 Å². The largest absolute Gasteiger partial charge is 0.465 e. The summed E-state index contributed by atoms with van der Waals surface area (Å²) in [6.45, 7) is 4.30. The fourth-order valence-corrected chi connectivity index (χ4v) is 4.75. The molecular weight excluding hydrogens is 418 g/mol. The molecule has 2 nitrogen and oxygen atoms in total. The van der Waals surface area contributed by atoms with Gasteiger partial charge in [0, 0.05) is 4.43 Å². The van der Waals surface area contributed by atoms with Gasteiger partial charge in [-0.1, -0.05) is 54.0 Å². The quantitative estimate of drug-likeness (QED) is 0.200. The average Bonchev–Trinajstić information content (AvgIpc) is 2.58. The third-order valence-electron chi connectivity index (χ3n) is 4.52. The van der Waals surface area contributed by atoms with E-state index < -0.39 is 0 Å². The second kappa shape index (κ2) is 10.9. The molecule has 0 N–H and O–H groups in total. The Bertz CT molecular complexity index is 432. The second-order valence-electron chi connectivity index (χ2n) is 6.39. The summed E-state index contributed by atoms with van der Waals surface area (Å²) in [5.41, 5.74) is 1.44. The van der Waals surface area contributed by atoms with Gasteiger partial charge in [0.15, 0.2) is 6.29 Å². The Labute approximate surface area is 157 Å². The molecule has 2 rings (SSSR count). The van der Waals surface area contributed by atoms with E-state index in [0.29, 0.717) is 12.0 Å². The number of rotatable bonds is 9. The molecule has 1 saturated carbocycles. The smallest absolute Gasteiger partial charge is 0.197 e. The van der Waals surface area contributed by atoms with Crippen LogP contribution in [0, 0.1) is 0 Å². The van der Waals surface area contributed by atoms with Crippen molar-refractivity contribution in [3.63, 3.8) is 0 Å². The van der Waals surface area contributed by atoms with Crippen LogP contribution in [0.15, 0.2) is 24.3 Å². The van der Waals surface area contributed by atoms with Crippen molar-refractivity contribution in [1.82, 2.24) is 0 Å². The van der Waals surface area contributed by atoms with E-state index in [2.05, 4.69) is 53.5 Å². The van der Waals surface area contributed by atoms with E-state index in [0.717, 1.165) is 14.3 Å². The van der Waals surface area contributed by atoms with Crippen LogP contribution in [0.4, 0.5) is 0 Å². The van der Waals surface area contributed by atoms with Crippen LogP contribution in [0.3, 0.4) is 0 Å². The number of benzene rings is 1. The van der Waals surface area contributed by atoms with Crippen LogP contribution in [0.1, 0.15) is 56.9 Å². The second-order valence-corrected chi connectivity index (χ2v) is 8.48. The molecule has 0 heterocycles. The summed E-state index contributed by atoms with van der Waals surface area (Å²) in [5, 5.41) is 0. The van der Waals surface area contributed by atoms with E-state index in [4.69, 9.17) is 9.47 Å². The Hall–Kier alpha value is 0.140. The standard InChI is InChI=1S/C19H30IO2P/c1-15(21-18-6-4-3-5-7-18)22-19-10-8-16(9-11-19)17(14-20)12-13-23-2/h8-11,15,17-18,23H,3-7,12-14H2,1-2H3. The molecule has 23 heavy (non-hydrogen) atoms. The van der Waals surface area contributed by atoms with Crippen LogP contribution < -0.4 is 4.74 Å². The maximum Gasteiger partial charge on any atom is 0.197 e. The van der Waals surface area contributed by atoms with Crippen molar-refractivity contribution in [2.24, 2.45) is 0 Å². The highest BCUT2D eigenvalue weighted by molar-refractivity contribution is 14.1. The number of hydrogen-bond donors (Lipinski definition) is 0. The molecule has 3 atom stereocenters. The summed E-state index contributed by atoms with van der Waals surface area (Å²) in [7, 11) is 1.05. The van der Waals surface area contributed by atoms with Gasteiger partial charge in [-0.05, 0) is 62.6 Å². The maximum atomic E-state index is 6.02. The molecule has 3 unspecified atom stereocenters. The van der Waals surface area contributed by atoms with Crippen LogP contribution >= 0.6 is 31.2 Å². The molecule has 0 spiro atoms. The molecule has 0 bridgehead atoms. The predicted octanol–water partition coefficient (Wildman–Crippen LogP) is 5.98. The highest BCUT2D eigenvalue weighted by Crippen LogP contribution is 2.27. The van der Waals surface area contributed by atoms with Crippen molar-refractivity contribution in [2.75, 3.05) is 17.3 Å². The van der Waals surface area contributed by atoms with E-state index in [1.54, 1.807) is 0 Å². The summed E-state index contributed by atoms with van der Waals surface area (Å²) in [6.07, 6.45) is 9.15. The van der Waals surface area contributed by atoms with Crippen molar-refractivity contribution < 1.29 is 9.47 Å². The first-order valence-electron chi connectivity index (χ1n) is 8.85. The minimum atomic E-state index is -0.161. The lowest BCUT2D eigenvalue weighted by atomic mass is 9.98. The lowest BCUT2D eigenvalue weighted by Gasteiger charge is -2.26. The number of halogens is 1. The van der Waals surface area contributed by atoms with Crippen LogP contribution in [0.2, 0.25) is 0 Å². The molecule has 0 aliphatic heterocycles. The Morgan fingerprint density at radius 1 is 1.17 bits per heavy atom. The maximum absolute atomic E-state index is 6.02. The summed E-state index contributed by atoms with van der Waals surface area (Å²) in [6, 6.07) is 8.66. The van der Waals surface area contributed by atoms with Gasteiger partial charge in [0.05, 0.1) is 6.10 Å². The predicted molar refractivity (Wildman–Crippen MR) is 110 cm³/mol. The fourth-order valence-electron chi connectivity index (χ4n) is 3.16. The van der Waals surface area contributed by atoms with Gasteiger partial charge in [0.2, 0.25) is 0 Å². The first-order chi connectivity index (χ1) is 11.2. The SMILES string of the molecule is CPCCC(CI)c1ccc(OC(C)OC2CCCCC2)cc1. The van der Waals surface area contributed by atoms with E-state index >= 15 is 0 Å². The number of ether oxygens (including phenoxy) is 2. The summed E-state index contributed by atoms with van der Waals surface area (Å²) in [4.78, 5) is 0. The molecule has 1 aromatic rings. The molecule has 0 saturated heterocycles. The van der Waals surface area contributed by atoms with Gasteiger partial charge < -0.3 is 9.47 Å². The number of alkyl halides is 1. The van der Waals surface area contributed by atoms with Gasteiger partial charge in [0.25, 0.3) is 0 Å². The lowest BCUT2D eigenvalue weighted by molar-refractivity contribution is -0.116. The molecule has 4 heteroatoms. The average molecular weight is 448 g/mol. The van der Waals surface area contributed by atoms with Crippen molar-refractivity contribution >= 4 is 31.2 Å². The van der Waals surface area contributed by atoms with E-state index in [1.165, 1.54) is 54.7 Å². The van der Waals surface area contributed by atoms with Crippen LogP contribution in [-0.4, -0.2) is 29.6 Å². The van der Waals surface area contributed by atoms with Gasteiger partial charge in [-0.2, -0.15) is 0 Å². The zero-order valence-corrected chi connectivity index (χ0v) is 17.6. The topological polar surface area (TPSA) is 18.5 Å². The third-order valence-corrected chi connectivity index (χ3v) is 6.37. The summed E-state index contributed by atoms with van der Waals surface area (Å²) in [5.74, 6) is 1.59. The van der Waals surface area contributed by atoms with Gasteiger partial charge in [-0.25, -0.2) is 0 Å². The van der Waals surface area contributed by atoms with Crippen molar-refractivity contribution in [3.8, 4) is 5.75 Å². The Kier molecular flexibility index (Phi) is 9.22. The van der Waals surface area contributed by atoms with Gasteiger partial charge in [-0.3, -0.25) is 0 Å². The Morgan fingerprint density at radius 3 is 2.48 bits per heavy atom. The minimum Gasteiger partial charge on any atom is -0.465 e. The molecule has 0 radical (unpaired) electrons. The van der Waals surface area contributed by atoms with Crippen molar-refractivity contribution in [1.29, 1.82) is 0 Å². The van der Waals surface area contributed by atoms with E-state index in [9.17, 15) is 0 Å². The minimum absolute atomic E-state index is 0.161. The summed E-state index contributed by atoms with van der Waals surface area (Å²) >= 11 is 2.50.